The lowest BCUT2D eigenvalue weighted by Gasteiger charge is -2.13. The van der Waals surface area contributed by atoms with E-state index >= 15 is 0 Å². The summed E-state index contributed by atoms with van der Waals surface area (Å²) in [7, 11) is 3.02. The fourth-order valence-electron chi connectivity index (χ4n) is 1.84. The second-order valence-corrected chi connectivity index (χ2v) is 4.67. The average molecular weight is 307 g/mol. The van der Waals surface area contributed by atoms with E-state index in [9.17, 15) is 4.79 Å². The monoisotopic (exact) mass is 306 g/mol. The van der Waals surface area contributed by atoms with Crippen molar-refractivity contribution in [2.24, 2.45) is 0 Å². The van der Waals surface area contributed by atoms with Gasteiger partial charge in [-0.3, -0.25) is 9.78 Å². The fourth-order valence-corrected chi connectivity index (χ4v) is 2.07. The Hall–Kier alpha value is -2.27. The van der Waals surface area contributed by atoms with Gasteiger partial charge >= 0.3 is 0 Å². The highest BCUT2D eigenvalue weighted by atomic mass is 35.5. The molecule has 0 unspecified atom stereocenters. The summed E-state index contributed by atoms with van der Waals surface area (Å²) in [4.78, 5) is 16.0. The third-order valence-corrected chi connectivity index (χ3v) is 3.16. The van der Waals surface area contributed by atoms with Crippen molar-refractivity contribution in [2.45, 2.75) is 6.42 Å². The van der Waals surface area contributed by atoms with Gasteiger partial charge in [0.05, 0.1) is 31.4 Å². The molecule has 0 saturated heterocycles. The molecule has 0 atom stereocenters. The molecule has 1 N–H and O–H groups in total. The number of hydrogen-bond acceptors (Lipinski definition) is 4. The van der Waals surface area contributed by atoms with Crippen LogP contribution in [0.25, 0.3) is 0 Å². The second kappa shape index (κ2) is 6.95. The zero-order chi connectivity index (χ0) is 15.2. The highest BCUT2D eigenvalue weighted by Crippen LogP contribution is 2.35. The summed E-state index contributed by atoms with van der Waals surface area (Å²) in [6.07, 6.45) is 3.54. The Morgan fingerprint density at radius 2 is 1.86 bits per heavy atom. The van der Waals surface area contributed by atoms with Gasteiger partial charge in [-0.25, -0.2) is 0 Å². The quantitative estimate of drug-likeness (QED) is 0.922. The van der Waals surface area contributed by atoms with Crippen LogP contribution >= 0.6 is 11.6 Å². The number of aromatic nitrogens is 1. The highest BCUT2D eigenvalue weighted by Gasteiger charge is 2.12. The number of carbonyl (C=O) groups excluding carboxylic acids is 1. The zero-order valence-corrected chi connectivity index (χ0v) is 12.5. The first-order valence-electron chi connectivity index (χ1n) is 6.24. The van der Waals surface area contributed by atoms with Crippen molar-refractivity contribution < 1.29 is 14.3 Å². The van der Waals surface area contributed by atoms with Crippen LogP contribution in [0.1, 0.15) is 5.56 Å². The molecule has 0 bridgehead atoms. The Morgan fingerprint density at radius 3 is 2.48 bits per heavy atom. The number of methoxy groups -OCH3 is 2. The van der Waals surface area contributed by atoms with Gasteiger partial charge in [0.15, 0.2) is 0 Å². The molecule has 0 aliphatic carbocycles. The minimum atomic E-state index is -0.163. The Kier molecular flexibility index (Phi) is 5.00. The average Bonchev–Trinajstić information content (AvgIpc) is 2.49. The van der Waals surface area contributed by atoms with Gasteiger partial charge in [-0.15, -0.1) is 0 Å². The van der Waals surface area contributed by atoms with Crippen molar-refractivity contribution in [3.05, 3.63) is 47.2 Å². The van der Waals surface area contributed by atoms with Gasteiger partial charge in [0.25, 0.3) is 0 Å². The molecule has 1 aromatic carbocycles. The molecule has 110 valence electrons. The summed E-state index contributed by atoms with van der Waals surface area (Å²) in [6, 6.07) is 6.81. The van der Waals surface area contributed by atoms with E-state index in [1.54, 1.807) is 36.7 Å². The summed E-state index contributed by atoms with van der Waals surface area (Å²) in [6.45, 7) is 0. The van der Waals surface area contributed by atoms with Gasteiger partial charge in [0.1, 0.15) is 11.5 Å². The van der Waals surface area contributed by atoms with E-state index in [1.807, 2.05) is 0 Å². The first-order chi connectivity index (χ1) is 10.1. The molecule has 5 nitrogen and oxygen atoms in total. The van der Waals surface area contributed by atoms with Gasteiger partial charge in [0.2, 0.25) is 5.91 Å². The summed E-state index contributed by atoms with van der Waals surface area (Å²) in [5, 5.41) is 3.21. The van der Waals surface area contributed by atoms with Crippen LogP contribution in [0.2, 0.25) is 5.02 Å². The second-order valence-electron chi connectivity index (χ2n) is 4.27. The fraction of sp³-hybridized carbons (Fsp3) is 0.200. The highest BCUT2D eigenvalue weighted by molar-refractivity contribution is 6.32. The molecule has 2 aromatic rings. The Morgan fingerprint density at radius 1 is 1.19 bits per heavy atom. The van der Waals surface area contributed by atoms with Crippen LogP contribution in [-0.4, -0.2) is 25.1 Å². The number of nitrogens with zero attached hydrogens (tertiary/aromatic N) is 1. The van der Waals surface area contributed by atoms with Gasteiger partial charge < -0.3 is 14.8 Å². The number of rotatable bonds is 5. The predicted molar refractivity (Wildman–Crippen MR) is 81.1 cm³/mol. The van der Waals surface area contributed by atoms with Gasteiger partial charge in [0, 0.05) is 24.5 Å². The predicted octanol–water partition coefficient (Wildman–Crippen LogP) is 2.93. The molecule has 0 aliphatic heterocycles. The summed E-state index contributed by atoms with van der Waals surface area (Å²) >= 11 is 6.02. The number of anilines is 1. The molecule has 1 aromatic heterocycles. The Bertz CT molecular complexity index is 632. The molecule has 0 aliphatic rings. The normalized spacial score (nSPS) is 10.0. The number of amides is 1. The summed E-state index contributed by atoms with van der Waals surface area (Å²) in [5.74, 6) is 0.782. The van der Waals surface area contributed by atoms with Crippen molar-refractivity contribution in [1.29, 1.82) is 0 Å². The van der Waals surface area contributed by atoms with Crippen LogP contribution in [0.5, 0.6) is 11.5 Å². The van der Waals surface area contributed by atoms with Crippen molar-refractivity contribution in [1.82, 2.24) is 4.98 Å². The zero-order valence-electron chi connectivity index (χ0n) is 11.7. The maximum Gasteiger partial charge on any atom is 0.228 e. The Labute approximate surface area is 127 Å². The van der Waals surface area contributed by atoms with Crippen molar-refractivity contribution >= 4 is 23.2 Å². The van der Waals surface area contributed by atoms with E-state index < -0.39 is 0 Å². The lowest BCUT2D eigenvalue weighted by atomic mass is 10.2. The van der Waals surface area contributed by atoms with E-state index in [2.05, 4.69) is 10.3 Å². The third kappa shape index (κ3) is 3.86. The molecule has 0 radical (unpaired) electrons. The van der Waals surface area contributed by atoms with Gasteiger partial charge in [-0.05, 0) is 17.7 Å². The maximum absolute atomic E-state index is 12.1. The lowest BCUT2D eigenvalue weighted by Crippen LogP contribution is -2.15. The molecule has 0 saturated carbocycles. The van der Waals surface area contributed by atoms with Gasteiger partial charge in [-0.2, -0.15) is 0 Å². The van der Waals surface area contributed by atoms with Crippen molar-refractivity contribution in [3.63, 3.8) is 0 Å². The first-order valence-corrected chi connectivity index (χ1v) is 6.62. The molecule has 1 amide bonds. The number of pyridine rings is 1. The van der Waals surface area contributed by atoms with Crippen LogP contribution in [0.3, 0.4) is 0 Å². The molecule has 2 rings (SSSR count). The van der Waals surface area contributed by atoms with Gasteiger partial charge in [-0.1, -0.05) is 11.6 Å². The molecular formula is C15H15ClN2O3. The molecule has 6 heteroatoms. The molecule has 0 fully saturated rings. The summed E-state index contributed by atoms with van der Waals surface area (Å²) < 4.78 is 10.3. The van der Waals surface area contributed by atoms with Crippen LogP contribution in [0, 0.1) is 0 Å². The van der Waals surface area contributed by atoms with E-state index in [0.717, 1.165) is 5.56 Å². The summed E-state index contributed by atoms with van der Waals surface area (Å²) in [5.41, 5.74) is 1.39. The number of halogens is 1. The first kappa shape index (κ1) is 15.1. The number of hydrogen-bond donors (Lipinski definition) is 1. The van der Waals surface area contributed by atoms with Crippen LogP contribution in [0.15, 0.2) is 36.7 Å². The Balaban J connectivity index is 2.16. The van der Waals surface area contributed by atoms with Crippen molar-refractivity contribution in [2.75, 3.05) is 19.5 Å². The molecular weight excluding hydrogens is 292 g/mol. The SMILES string of the molecule is COc1cc(NC(=O)Cc2ccncc2)c(OC)cc1Cl. The number of carbonyl (C=O) groups is 1. The smallest absolute Gasteiger partial charge is 0.228 e. The van der Waals surface area contributed by atoms with E-state index in [1.165, 1.54) is 14.2 Å². The number of nitrogens with one attached hydrogen (secondary N) is 1. The van der Waals surface area contributed by atoms with E-state index in [0.29, 0.717) is 22.2 Å². The number of benzene rings is 1. The largest absolute Gasteiger partial charge is 0.495 e. The standard InChI is InChI=1S/C15H15ClN2O3/c1-20-13-9-12(14(21-2)8-11(13)16)18-15(19)7-10-3-5-17-6-4-10/h3-6,8-9H,7H2,1-2H3,(H,18,19). The van der Waals surface area contributed by atoms with Crippen LogP contribution in [-0.2, 0) is 11.2 Å². The lowest BCUT2D eigenvalue weighted by molar-refractivity contribution is -0.115. The minimum absolute atomic E-state index is 0.163. The minimum Gasteiger partial charge on any atom is -0.495 e. The van der Waals surface area contributed by atoms with E-state index in [-0.39, 0.29) is 12.3 Å². The third-order valence-electron chi connectivity index (χ3n) is 2.86. The van der Waals surface area contributed by atoms with Crippen LogP contribution < -0.4 is 14.8 Å². The maximum atomic E-state index is 12.1. The molecule has 21 heavy (non-hydrogen) atoms. The van der Waals surface area contributed by atoms with Crippen LogP contribution in [0.4, 0.5) is 5.69 Å². The topological polar surface area (TPSA) is 60.5 Å². The van der Waals surface area contributed by atoms with Crippen molar-refractivity contribution in [3.8, 4) is 11.5 Å². The number of ether oxygens (including phenoxy) is 2. The van der Waals surface area contributed by atoms with E-state index in [4.69, 9.17) is 21.1 Å². The molecule has 0 spiro atoms. The molecule has 1 heterocycles.